The molecule has 1 aliphatic rings. The van der Waals surface area contributed by atoms with Crippen LogP contribution in [0.25, 0.3) is 82.6 Å². The van der Waals surface area contributed by atoms with Crippen LogP contribution in [0.2, 0.25) is 0 Å². The Labute approximate surface area is 266 Å². The van der Waals surface area contributed by atoms with Gasteiger partial charge in [-0.05, 0) is 51.0 Å². The zero-order valence-electron chi connectivity index (χ0n) is 25.6. The highest BCUT2D eigenvalue weighted by molar-refractivity contribution is 6.18. The maximum Gasteiger partial charge on any atom is 0.165 e. The van der Waals surface area contributed by atoms with Crippen LogP contribution in [-0.4, -0.2) is 14.5 Å². The normalized spacial score (nSPS) is 13.6. The molecule has 0 saturated carbocycles. The van der Waals surface area contributed by atoms with Crippen molar-refractivity contribution in [1.29, 1.82) is 0 Å². The van der Waals surface area contributed by atoms with E-state index in [1.54, 1.807) is 0 Å². The molecule has 0 saturated heterocycles. The van der Waals surface area contributed by atoms with Crippen molar-refractivity contribution < 1.29 is 0 Å². The quantitative estimate of drug-likeness (QED) is 0.188. The van der Waals surface area contributed by atoms with Crippen molar-refractivity contribution >= 4 is 54.4 Å². The lowest BCUT2D eigenvalue weighted by Crippen LogP contribution is -2.14. The average Bonchev–Trinajstić information content (AvgIpc) is 3.55. The van der Waals surface area contributed by atoms with Gasteiger partial charge in [-0.25, -0.2) is 9.97 Å². The van der Waals surface area contributed by atoms with Crippen molar-refractivity contribution in [3.05, 3.63) is 151 Å². The summed E-state index contributed by atoms with van der Waals surface area (Å²) in [6, 6.07) is 50.2. The smallest absolute Gasteiger partial charge is 0.165 e. The zero-order chi connectivity index (χ0) is 30.6. The zero-order valence-corrected chi connectivity index (χ0v) is 25.6. The van der Waals surface area contributed by atoms with E-state index in [9.17, 15) is 0 Å². The lowest BCUT2D eigenvalue weighted by molar-refractivity contribution is 0.661. The minimum atomic E-state index is -0.125. The van der Waals surface area contributed by atoms with Crippen molar-refractivity contribution in [2.24, 2.45) is 0 Å². The second-order valence-corrected chi connectivity index (χ2v) is 13.0. The number of rotatable bonds is 2. The molecule has 216 valence electrons. The summed E-state index contributed by atoms with van der Waals surface area (Å²) >= 11 is 0. The summed E-state index contributed by atoms with van der Waals surface area (Å²) in [6.45, 7) is 4.70. The lowest BCUT2D eigenvalue weighted by Gasteiger charge is -2.21. The molecule has 46 heavy (non-hydrogen) atoms. The van der Waals surface area contributed by atoms with Gasteiger partial charge in [0, 0.05) is 32.7 Å². The predicted octanol–water partition coefficient (Wildman–Crippen LogP) is 11.0. The van der Waals surface area contributed by atoms with Gasteiger partial charge in [0.05, 0.1) is 22.1 Å². The van der Waals surface area contributed by atoms with Gasteiger partial charge in [-0.1, -0.05) is 135 Å². The third-order valence-corrected chi connectivity index (χ3v) is 10.1. The highest BCUT2D eigenvalue weighted by Gasteiger charge is 2.38. The van der Waals surface area contributed by atoms with E-state index in [1.807, 2.05) is 0 Å². The fraction of sp³-hybridized carbons (Fsp3) is 0.0698. The average molecular weight is 588 g/mol. The van der Waals surface area contributed by atoms with Gasteiger partial charge in [0.25, 0.3) is 0 Å². The van der Waals surface area contributed by atoms with E-state index in [-0.39, 0.29) is 5.41 Å². The molecule has 0 N–H and O–H groups in total. The minimum Gasteiger partial charge on any atom is -0.291 e. The van der Waals surface area contributed by atoms with Crippen molar-refractivity contribution in [2.45, 2.75) is 19.3 Å². The van der Waals surface area contributed by atoms with Gasteiger partial charge in [-0.3, -0.25) is 4.57 Å². The maximum absolute atomic E-state index is 5.62. The molecule has 10 rings (SSSR count). The lowest BCUT2D eigenvalue weighted by atomic mass is 9.82. The Hall–Kier alpha value is -5.80. The topological polar surface area (TPSA) is 30.7 Å². The van der Waals surface area contributed by atoms with Crippen molar-refractivity contribution in [1.82, 2.24) is 14.5 Å². The van der Waals surface area contributed by atoms with Crippen LogP contribution in [-0.2, 0) is 5.41 Å². The third kappa shape index (κ3) is 3.37. The van der Waals surface area contributed by atoms with Crippen LogP contribution in [0.4, 0.5) is 0 Å². The van der Waals surface area contributed by atoms with Crippen LogP contribution in [0, 0.1) is 0 Å². The Bertz CT molecular complexity index is 2720. The summed E-state index contributed by atoms with van der Waals surface area (Å²) in [5.41, 5.74) is 11.2. The summed E-state index contributed by atoms with van der Waals surface area (Å²) in [7, 11) is 0. The largest absolute Gasteiger partial charge is 0.291 e. The van der Waals surface area contributed by atoms with Crippen molar-refractivity contribution in [3.63, 3.8) is 0 Å². The Balaban J connectivity index is 1.46. The van der Waals surface area contributed by atoms with E-state index in [2.05, 4.69) is 158 Å². The van der Waals surface area contributed by atoms with E-state index in [0.29, 0.717) is 0 Å². The van der Waals surface area contributed by atoms with E-state index in [4.69, 9.17) is 9.97 Å². The van der Waals surface area contributed by atoms with E-state index in [0.717, 1.165) is 44.4 Å². The first-order valence-corrected chi connectivity index (χ1v) is 15.9. The third-order valence-electron chi connectivity index (χ3n) is 10.1. The highest BCUT2D eigenvalue weighted by Crippen LogP contribution is 2.53. The summed E-state index contributed by atoms with van der Waals surface area (Å²) in [5.74, 6) is 0.848. The molecule has 0 radical (unpaired) electrons. The van der Waals surface area contributed by atoms with E-state index >= 15 is 0 Å². The Morgan fingerprint density at radius 3 is 2.11 bits per heavy atom. The molecular formula is C43H29N3. The first-order valence-electron chi connectivity index (χ1n) is 15.9. The van der Waals surface area contributed by atoms with Gasteiger partial charge in [0.1, 0.15) is 5.69 Å². The molecule has 2 aromatic heterocycles. The van der Waals surface area contributed by atoms with Gasteiger partial charge >= 0.3 is 0 Å². The van der Waals surface area contributed by atoms with Crippen LogP contribution in [0.15, 0.2) is 140 Å². The minimum absolute atomic E-state index is 0.125. The standard InChI is InChI=1S/C43H29N3/c1-43(2)34-19-11-10-18-32(34)38-35(43)22-21-31-33-24-28-15-6-7-16-29(28)25-37(33)46(41(31)38)42-39(27-13-4-3-5-14-27)44-36-23-20-26-12-8-9-17-30(26)40(36)45-42/h3-25H,1-2H3. The SMILES string of the molecule is CC1(C)c2ccccc2-c2c1ccc1c3cc4ccccc4cc3n(-c3nc4c(ccc5ccccc54)nc3-c3ccccc3)c21. The molecule has 0 unspecified atom stereocenters. The number of hydrogen-bond acceptors (Lipinski definition) is 2. The van der Waals surface area contributed by atoms with E-state index in [1.165, 1.54) is 49.3 Å². The molecule has 0 aliphatic heterocycles. The van der Waals surface area contributed by atoms with Gasteiger partial charge < -0.3 is 0 Å². The van der Waals surface area contributed by atoms with Gasteiger partial charge in [0.15, 0.2) is 5.82 Å². The second kappa shape index (κ2) is 9.12. The number of hydrogen-bond donors (Lipinski definition) is 0. The van der Waals surface area contributed by atoms with Gasteiger partial charge in [-0.2, -0.15) is 0 Å². The first kappa shape index (κ1) is 25.5. The summed E-state index contributed by atoms with van der Waals surface area (Å²) in [4.78, 5) is 11.0. The predicted molar refractivity (Wildman–Crippen MR) is 192 cm³/mol. The molecule has 3 heteroatoms. The van der Waals surface area contributed by atoms with Crippen molar-refractivity contribution in [2.75, 3.05) is 0 Å². The molecule has 1 aliphatic carbocycles. The van der Waals surface area contributed by atoms with Crippen molar-refractivity contribution in [3.8, 4) is 28.2 Å². The van der Waals surface area contributed by atoms with Crippen LogP contribution >= 0.6 is 0 Å². The fourth-order valence-corrected chi connectivity index (χ4v) is 7.92. The molecule has 0 amide bonds. The van der Waals surface area contributed by atoms with Crippen LogP contribution in [0.1, 0.15) is 25.0 Å². The summed E-state index contributed by atoms with van der Waals surface area (Å²) < 4.78 is 2.42. The number of fused-ring (bicyclic) bond motifs is 11. The second-order valence-electron chi connectivity index (χ2n) is 13.0. The van der Waals surface area contributed by atoms with Crippen LogP contribution < -0.4 is 0 Å². The molecule has 9 aromatic rings. The Morgan fingerprint density at radius 2 is 1.26 bits per heavy atom. The maximum atomic E-state index is 5.62. The molecule has 7 aromatic carbocycles. The van der Waals surface area contributed by atoms with Crippen LogP contribution in [0.3, 0.4) is 0 Å². The highest BCUT2D eigenvalue weighted by atomic mass is 15.1. The molecule has 0 fully saturated rings. The first-order chi connectivity index (χ1) is 22.6. The fourth-order valence-electron chi connectivity index (χ4n) is 7.92. The Morgan fingerprint density at radius 1 is 0.543 bits per heavy atom. The molecule has 3 nitrogen and oxygen atoms in total. The molecule has 2 heterocycles. The molecule has 0 bridgehead atoms. The molecule has 0 spiro atoms. The molecule has 0 atom stereocenters. The summed E-state index contributed by atoms with van der Waals surface area (Å²) in [5, 5.41) is 7.15. The van der Waals surface area contributed by atoms with Gasteiger partial charge in [-0.15, -0.1) is 0 Å². The number of aromatic nitrogens is 3. The Kier molecular flexibility index (Phi) is 5.06. The number of nitrogens with zero attached hydrogens (tertiary/aromatic N) is 3. The molecular weight excluding hydrogens is 558 g/mol. The van der Waals surface area contributed by atoms with Crippen LogP contribution in [0.5, 0.6) is 0 Å². The monoisotopic (exact) mass is 587 g/mol. The van der Waals surface area contributed by atoms with E-state index < -0.39 is 0 Å². The number of benzene rings is 7. The summed E-state index contributed by atoms with van der Waals surface area (Å²) in [6.07, 6.45) is 0. The van der Waals surface area contributed by atoms with Gasteiger partial charge in [0.2, 0.25) is 0 Å².